The Kier molecular flexibility index (Phi) is 7.92. The molecule has 0 radical (unpaired) electrons. The van der Waals surface area contributed by atoms with Gasteiger partial charge in [-0.3, -0.25) is 0 Å². The largest absolute Gasteiger partial charge is 0.494 e. The molecule has 0 bridgehead atoms. The number of aromatic nitrogens is 1. The average Bonchev–Trinajstić information content (AvgIpc) is 3.53. The summed E-state index contributed by atoms with van der Waals surface area (Å²) in [5.41, 5.74) is 4.42. The lowest BCUT2D eigenvalue weighted by molar-refractivity contribution is 0.304. The number of unbranched alkanes of at least 4 members (excludes halogenated alkanes) is 5. The van der Waals surface area contributed by atoms with Gasteiger partial charge in [-0.1, -0.05) is 63.3 Å². The Bertz CT molecular complexity index is 985. The molecule has 3 heterocycles. The molecule has 0 unspecified atom stereocenters. The molecule has 0 atom stereocenters. The summed E-state index contributed by atoms with van der Waals surface area (Å²) >= 11 is 3.45. The van der Waals surface area contributed by atoms with E-state index in [1.54, 1.807) is 22.7 Å². The highest BCUT2D eigenvalue weighted by Crippen LogP contribution is 2.33. The Morgan fingerprint density at radius 3 is 1.90 bits per heavy atom. The first-order chi connectivity index (χ1) is 15.3. The maximum absolute atomic E-state index is 5.96. The predicted octanol–water partition coefficient (Wildman–Crippen LogP) is 8.94. The highest BCUT2D eigenvalue weighted by Gasteiger charge is 2.10. The number of ether oxygens (including phenoxy) is 1. The van der Waals surface area contributed by atoms with Crippen LogP contribution in [0.25, 0.3) is 32.3 Å². The fraction of sp³-hybridized carbons (Fsp3) is 0.296. The van der Waals surface area contributed by atoms with Crippen molar-refractivity contribution in [2.45, 2.75) is 45.4 Å². The van der Waals surface area contributed by atoms with Crippen LogP contribution in [0.1, 0.15) is 45.4 Å². The zero-order chi connectivity index (χ0) is 21.3. The van der Waals surface area contributed by atoms with Gasteiger partial charge in [0.05, 0.1) is 27.7 Å². The molecule has 3 aromatic heterocycles. The topological polar surface area (TPSA) is 22.1 Å². The Hall–Kier alpha value is -2.43. The maximum Gasteiger partial charge on any atom is 0.119 e. The van der Waals surface area contributed by atoms with Crippen LogP contribution >= 0.6 is 22.7 Å². The van der Waals surface area contributed by atoms with Gasteiger partial charge in [0.15, 0.2) is 0 Å². The summed E-state index contributed by atoms with van der Waals surface area (Å²) in [6.45, 7) is 3.05. The lowest BCUT2D eigenvalue weighted by atomic mass is 10.0. The summed E-state index contributed by atoms with van der Waals surface area (Å²) in [5, 5.41) is 4.20. The fourth-order valence-electron chi connectivity index (χ4n) is 3.61. The van der Waals surface area contributed by atoms with Gasteiger partial charge in [-0.2, -0.15) is 0 Å². The van der Waals surface area contributed by atoms with E-state index in [2.05, 4.69) is 78.3 Å². The monoisotopic (exact) mass is 447 g/mol. The van der Waals surface area contributed by atoms with E-state index in [4.69, 9.17) is 9.72 Å². The third kappa shape index (κ3) is 6.05. The molecule has 0 aliphatic carbocycles. The number of rotatable bonds is 11. The smallest absolute Gasteiger partial charge is 0.119 e. The SMILES string of the molecule is CCCCCCCCOc1ccc(-c2cc(-c3cccs3)nc(-c3cccs3)c2)cc1. The van der Waals surface area contributed by atoms with E-state index >= 15 is 0 Å². The normalized spacial score (nSPS) is 11.0. The van der Waals surface area contributed by atoms with Gasteiger partial charge in [-0.15, -0.1) is 22.7 Å². The average molecular weight is 448 g/mol. The first kappa shape index (κ1) is 21.8. The number of hydrogen-bond acceptors (Lipinski definition) is 4. The number of benzene rings is 1. The molecular formula is C27H29NOS2. The van der Waals surface area contributed by atoms with E-state index in [-0.39, 0.29) is 0 Å². The van der Waals surface area contributed by atoms with E-state index in [9.17, 15) is 0 Å². The van der Waals surface area contributed by atoms with Gasteiger partial charge in [-0.25, -0.2) is 4.98 Å². The van der Waals surface area contributed by atoms with E-state index in [1.807, 2.05) is 0 Å². The summed E-state index contributed by atoms with van der Waals surface area (Å²) in [5.74, 6) is 0.948. The minimum absolute atomic E-state index is 0.797. The van der Waals surface area contributed by atoms with Crippen molar-refractivity contribution in [3.63, 3.8) is 0 Å². The van der Waals surface area contributed by atoms with Crippen LogP contribution in [-0.4, -0.2) is 11.6 Å². The van der Waals surface area contributed by atoms with Crippen LogP contribution in [0, 0.1) is 0 Å². The number of hydrogen-bond donors (Lipinski definition) is 0. The Morgan fingerprint density at radius 1 is 0.710 bits per heavy atom. The number of thiophene rings is 2. The van der Waals surface area contributed by atoms with Crippen LogP contribution in [0.4, 0.5) is 0 Å². The highest BCUT2D eigenvalue weighted by atomic mass is 32.1. The standard InChI is InChI=1S/C27H29NOS2/c1-2-3-4-5-6-7-16-29-23-14-12-21(13-15-23)22-19-24(26-10-8-17-30-26)28-25(20-22)27-11-9-18-31-27/h8-15,17-20H,2-7,16H2,1H3. The van der Waals surface area contributed by atoms with Crippen LogP contribution in [0.15, 0.2) is 71.4 Å². The molecule has 4 heteroatoms. The van der Waals surface area contributed by atoms with E-state index in [0.29, 0.717) is 0 Å². The quantitative estimate of drug-likeness (QED) is 0.214. The second-order valence-corrected chi connectivity index (χ2v) is 9.62. The van der Waals surface area contributed by atoms with Crippen molar-refractivity contribution in [1.82, 2.24) is 4.98 Å². The van der Waals surface area contributed by atoms with Crippen molar-refractivity contribution < 1.29 is 4.74 Å². The summed E-state index contributed by atoms with van der Waals surface area (Å²) in [7, 11) is 0. The van der Waals surface area contributed by atoms with Gasteiger partial charge in [0.2, 0.25) is 0 Å². The van der Waals surface area contributed by atoms with E-state index in [1.165, 1.54) is 53.0 Å². The highest BCUT2D eigenvalue weighted by molar-refractivity contribution is 7.13. The molecule has 0 fully saturated rings. The Labute approximate surface area is 193 Å². The van der Waals surface area contributed by atoms with Crippen LogP contribution in [-0.2, 0) is 0 Å². The molecule has 0 saturated heterocycles. The van der Waals surface area contributed by atoms with Gasteiger partial charge < -0.3 is 4.74 Å². The Morgan fingerprint density at radius 2 is 1.32 bits per heavy atom. The van der Waals surface area contributed by atoms with Crippen LogP contribution in [0.3, 0.4) is 0 Å². The summed E-state index contributed by atoms with van der Waals surface area (Å²) in [6, 6.07) is 21.3. The molecule has 0 aliphatic rings. The lowest BCUT2D eigenvalue weighted by Crippen LogP contribution is -1.97. The Balaban J connectivity index is 1.46. The molecule has 0 amide bonds. The summed E-state index contributed by atoms with van der Waals surface area (Å²) in [4.78, 5) is 7.32. The molecule has 160 valence electrons. The summed E-state index contributed by atoms with van der Waals surface area (Å²) < 4.78 is 5.96. The van der Waals surface area contributed by atoms with E-state index in [0.717, 1.165) is 30.2 Å². The predicted molar refractivity (Wildman–Crippen MR) is 135 cm³/mol. The molecule has 4 rings (SSSR count). The third-order valence-electron chi connectivity index (χ3n) is 5.33. The molecule has 0 saturated carbocycles. The van der Waals surface area contributed by atoms with Gasteiger partial charge in [0.1, 0.15) is 5.75 Å². The molecule has 31 heavy (non-hydrogen) atoms. The van der Waals surface area contributed by atoms with Gasteiger partial charge in [0.25, 0.3) is 0 Å². The zero-order valence-electron chi connectivity index (χ0n) is 18.0. The molecule has 1 aromatic carbocycles. The van der Waals surface area contributed by atoms with Crippen LogP contribution in [0.2, 0.25) is 0 Å². The first-order valence-electron chi connectivity index (χ1n) is 11.2. The molecule has 2 nitrogen and oxygen atoms in total. The summed E-state index contributed by atoms with van der Waals surface area (Å²) in [6.07, 6.45) is 7.69. The van der Waals surface area contributed by atoms with E-state index < -0.39 is 0 Å². The second kappa shape index (κ2) is 11.3. The fourth-order valence-corrected chi connectivity index (χ4v) is 4.99. The van der Waals surface area contributed by atoms with Crippen molar-refractivity contribution in [3.8, 4) is 38.0 Å². The number of pyridine rings is 1. The van der Waals surface area contributed by atoms with Gasteiger partial charge in [0, 0.05) is 0 Å². The zero-order valence-corrected chi connectivity index (χ0v) is 19.7. The first-order valence-corrected chi connectivity index (χ1v) is 12.9. The van der Waals surface area contributed by atoms with Crippen LogP contribution in [0.5, 0.6) is 5.75 Å². The van der Waals surface area contributed by atoms with Gasteiger partial charge >= 0.3 is 0 Å². The molecule has 0 N–H and O–H groups in total. The second-order valence-electron chi connectivity index (χ2n) is 7.72. The molecule has 0 aliphatic heterocycles. The van der Waals surface area contributed by atoms with Crippen molar-refractivity contribution in [2.75, 3.05) is 6.61 Å². The molecule has 4 aromatic rings. The minimum atomic E-state index is 0.797. The number of nitrogens with zero attached hydrogens (tertiary/aromatic N) is 1. The van der Waals surface area contributed by atoms with Crippen molar-refractivity contribution in [3.05, 3.63) is 71.4 Å². The molecular weight excluding hydrogens is 418 g/mol. The van der Waals surface area contributed by atoms with Crippen molar-refractivity contribution in [1.29, 1.82) is 0 Å². The molecule has 0 spiro atoms. The van der Waals surface area contributed by atoms with Gasteiger partial charge in [-0.05, 0) is 64.7 Å². The van der Waals surface area contributed by atoms with Crippen molar-refractivity contribution >= 4 is 22.7 Å². The van der Waals surface area contributed by atoms with Crippen molar-refractivity contribution in [2.24, 2.45) is 0 Å². The lowest BCUT2D eigenvalue weighted by Gasteiger charge is -2.10. The maximum atomic E-state index is 5.96. The minimum Gasteiger partial charge on any atom is -0.494 e. The van der Waals surface area contributed by atoms with Crippen LogP contribution < -0.4 is 4.74 Å². The third-order valence-corrected chi connectivity index (χ3v) is 7.11.